The molecular formula is C14H18BrFN2S. The number of rotatable bonds is 4. The first-order chi connectivity index (χ1) is 8.93. The molecule has 1 aromatic carbocycles. The third-order valence-electron chi connectivity index (χ3n) is 3.64. The summed E-state index contributed by atoms with van der Waals surface area (Å²) in [4.78, 5) is 3.15. The Hall–Kier alpha value is -0.680. The van der Waals surface area contributed by atoms with E-state index in [1.807, 2.05) is 4.57 Å². The summed E-state index contributed by atoms with van der Waals surface area (Å²) in [6.45, 7) is 6.55. The zero-order chi connectivity index (χ0) is 14.2. The fourth-order valence-corrected chi connectivity index (χ4v) is 3.14. The molecule has 1 heterocycles. The van der Waals surface area contributed by atoms with Crippen molar-refractivity contribution >= 4 is 39.2 Å². The molecule has 2 unspecified atom stereocenters. The molecule has 0 fully saturated rings. The number of aromatic amines is 1. The Kier molecular flexibility index (Phi) is 4.46. The molecule has 0 saturated heterocycles. The van der Waals surface area contributed by atoms with Gasteiger partial charge >= 0.3 is 0 Å². The number of fused-ring (bicyclic) bond motifs is 1. The molecule has 0 amide bonds. The quantitative estimate of drug-likeness (QED) is 0.716. The average molecular weight is 345 g/mol. The summed E-state index contributed by atoms with van der Waals surface area (Å²) in [6.07, 6.45) is 2.18. The van der Waals surface area contributed by atoms with E-state index in [1.165, 1.54) is 0 Å². The predicted octanol–water partition coefficient (Wildman–Crippen LogP) is 5.60. The van der Waals surface area contributed by atoms with Crippen LogP contribution in [0.3, 0.4) is 0 Å². The van der Waals surface area contributed by atoms with Crippen molar-refractivity contribution in [3.63, 3.8) is 0 Å². The summed E-state index contributed by atoms with van der Waals surface area (Å²) in [5.41, 5.74) is 1.70. The molecule has 1 aromatic heterocycles. The highest BCUT2D eigenvalue weighted by Gasteiger charge is 2.15. The van der Waals surface area contributed by atoms with E-state index in [0.717, 1.165) is 23.9 Å². The minimum Gasteiger partial charge on any atom is -0.331 e. The molecule has 0 bridgehead atoms. The Labute approximate surface area is 126 Å². The third-order valence-corrected chi connectivity index (χ3v) is 4.55. The Morgan fingerprint density at radius 1 is 1.42 bits per heavy atom. The molecule has 0 radical (unpaired) electrons. The van der Waals surface area contributed by atoms with Gasteiger partial charge in [-0.15, -0.1) is 0 Å². The van der Waals surface area contributed by atoms with Gasteiger partial charge < -0.3 is 9.55 Å². The number of nitrogens with zero attached hydrogens (tertiary/aromatic N) is 1. The van der Waals surface area contributed by atoms with Crippen molar-refractivity contribution in [2.24, 2.45) is 5.92 Å². The zero-order valence-corrected chi connectivity index (χ0v) is 13.7. The van der Waals surface area contributed by atoms with E-state index in [4.69, 9.17) is 12.2 Å². The van der Waals surface area contributed by atoms with Crippen LogP contribution in [0.15, 0.2) is 16.6 Å². The van der Waals surface area contributed by atoms with Crippen molar-refractivity contribution in [1.82, 2.24) is 9.55 Å². The lowest BCUT2D eigenvalue weighted by Crippen LogP contribution is -2.09. The van der Waals surface area contributed by atoms with Gasteiger partial charge in [-0.25, -0.2) is 4.39 Å². The second-order valence-electron chi connectivity index (χ2n) is 5.18. The van der Waals surface area contributed by atoms with Crippen molar-refractivity contribution < 1.29 is 4.39 Å². The molecule has 0 saturated carbocycles. The zero-order valence-electron chi connectivity index (χ0n) is 11.3. The third kappa shape index (κ3) is 2.92. The molecule has 0 spiro atoms. The van der Waals surface area contributed by atoms with E-state index in [9.17, 15) is 4.39 Å². The lowest BCUT2D eigenvalue weighted by molar-refractivity contribution is 0.402. The maximum Gasteiger partial charge on any atom is 0.178 e. The van der Waals surface area contributed by atoms with Crippen LogP contribution in [0.25, 0.3) is 11.0 Å². The van der Waals surface area contributed by atoms with Gasteiger partial charge in [-0.3, -0.25) is 0 Å². The van der Waals surface area contributed by atoms with Crippen LogP contribution in [0.4, 0.5) is 4.39 Å². The van der Waals surface area contributed by atoms with Crippen LogP contribution in [0.2, 0.25) is 0 Å². The maximum atomic E-state index is 13.7. The van der Waals surface area contributed by atoms with E-state index < -0.39 is 0 Å². The minimum absolute atomic E-state index is 0.258. The molecule has 0 aliphatic heterocycles. The normalized spacial score (nSPS) is 14.8. The monoisotopic (exact) mass is 344 g/mol. The Bertz CT molecular complexity index is 647. The first-order valence-electron chi connectivity index (χ1n) is 6.53. The number of aromatic nitrogens is 2. The van der Waals surface area contributed by atoms with Crippen LogP contribution in [-0.2, 0) is 0 Å². The molecule has 104 valence electrons. The summed E-state index contributed by atoms with van der Waals surface area (Å²) in [5, 5.41) is 0. The number of imidazole rings is 1. The van der Waals surface area contributed by atoms with Gasteiger partial charge in [0.05, 0.1) is 15.5 Å². The second kappa shape index (κ2) is 5.75. The molecule has 0 aliphatic rings. The molecule has 5 heteroatoms. The standard InChI is InChI=1S/C14H18BrFN2S/c1-4-8(2)5-9(3)18-13-7-11(16)10(15)6-12(13)17-14(18)19/h6-9H,4-5H2,1-3H3,(H,17,19). The van der Waals surface area contributed by atoms with Crippen LogP contribution in [0.5, 0.6) is 0 Å². The van der Waals surface area contributed by atoms with E-state index in [2.05, 4.69) is 41.7 Å². The lowest BCUT2D eigenvalue weighted by Gasteiger charge is -2.18. The highest BCUT2D eigenvalue weighted by molar-refractivity contribution is 9.10. The Morgan fingerprint density at radius 2 is 2.11 bits per heavy atom. The largest absolute Gasteiger partial charge is 0.331 e. The van der Waals surface area contributed by atoms with Crippen molar-refractivity contribution in [2.75, 3.05) is 0 Å². The van der Waals surface area contributed by atoms with E-state index in [0.29, 0.717) is 15.2 Å². The highest BCUT2D eigenvalue weighted by atomic mass is 79.9. The van der Waals surface area contributed by atoms with E-state index in [-0.39, 0.29) is 11.9 Å². The fraction of sp³-hybridized carbons (Fsp3) is 0.500. The van der Waals surface area contributed by atoms with E-state index in [1.54, 1.807) is 12.1 Å². The average Bonchev–Trinajstić information content (AvgIpc) is 2.65. The molecular weight excluding hydrogens is 327 g/mol. The summed E-state index contributed by atoms with van der Waals surface area (Å²) >= 11 is 8.57. The van der Waals surface area contributed by atoms with Crippen molar-refractivity contribution in [2.45, 2.75) is 39.7 Å². The molecule has 0 aliphatic carbocycles. The van der Waals surface area contributed by atoms with Crippen molar-refractivity contribution in [1.29, 1.82) is 0 Å². The van der Waals surface area contributed by atoms with Crippen LogP contribution in [0.1, 0.15) is 39.7 Å². The van der Waals surface area contributed by atoms with Crippen LogP contribution >= 0.6 is 28.1 Å². The first-order valence-corrected chi connectivity index (χ1v) is 7.73. The molecule has 2 nitrogen and oxygen atoms in total. The second-order valence-corrected chi connectivity index (χ2v) is 6.42. The van der Waals surface area contributed by atoms with Gasteiger partial charge in [0.15, 0.2) is 4.77 Å². The van der Waals surface area contributed by atoms with Crippen LogP contribution in [0, 0.1) is 16.5 Å². The van der Waals surface area contributed by atoms with Gasteiger partial charge in [0.1, 0.15) is 5.82 Å². The van der Waals surface area contributed by atoms with Crippen molar-refractivity contribution in [3.05, 3.63) is 27.2 Å². The summed E-state index contributed by atoms with van der Waals surface area (Å²) in [6, 6.07) is 3.54. The first kappa shape index (κ1) is 14.7. The number of benzene rings is 1. The van der Waals surface area contributed by atoms with Gasteiger partial charge in [0.2, 0.25) is 0 Å². The topological polar surface area (TPSA) is 20.7 Å². The lowest BCUT2D eigenvalue weighted by atomic mass is 10.0. The fourth-order valence-electron chi connectivity index (χ4n) is 2.41. The number of hydrogen-bond acceptors (Lipinski definition) is 1. The summed E-state index contributed by atoms with van der Waals surface area (Å²) in [7, 11) is 0. The molecule has 2 atom stereocenters. The smallest absolute Gasteiger partial charge is 0.178 e. The van der Waals surface area contributed by atoms with Crippen LogP contribution in [-0.4, -0.2) is 9.55 Å². The Morgan fingerprint density at radius 3 is 2.74 bits per heavy atom. The van der Waals surface area contributed by atoms with E-state index >= 15 is 0 Å². The number of hydrogen-bond donors (Lipinski definition) is 1. The van der Waals surface area contributed by atoms with Crippen molar-refractivity contribution in [3.8, 4) is 0 Å². The number of halogens is 2. The minimum atomic E-state index is -0.258. The van der Waals surface area contributed by atoms with Crippen LogP contribution < -0.4 is 0 Å². The number of H-pyrrole nitrogens is 1. The number of nitrogens with one attached hydrogen (secondary N) is 1. The molecule has 19 heavy (non-hydrogen) atoms. The van der Waals surface area contributed by atoms with Gasteiger partial charge in [0, 0.05) is 12.1 Å². The Balaban J connectivity index is 2.51. The maximum absolute atomic E-state index is 13.7. The molecule has 1 N–H and O–H groups in total. The summed E-state index contributed by atoms with van der Waals surface area (Å²) in [5.74, 6) is 0.369. The van der Waals surface area contributed by atoms with Gasteiger partial charge in [-0.2, -0.15) is 0 Å². The molecule has 2 rings (SSSR count). The summed E-state index contributed by atoms with van der Waals surface area (Å²) < 4.78 is 16.9. The SMILES string of the molecule is CCC(C)CC(C)n1c(=S)[nH]c2cc(Br)c(F)cc21. The van der Waals surface area contributed by atoms with Gasteiger partial charge in [-0.05, 0) is 53.5 Å². The van der Waals surface area contributed by atoms with Gasteiger partial charge in [0.25, 0.3) is 0 Å². The predicted molar refractivity (Wildman–Crippen MR) is 83.6 cm³/mol. The highest BCUT2D eigenvalue weighted by Crippen LogP contribution is 2.28. The van der Waals surface area contributed by atoms with Gasteiger partial charge in [-0.1, -0.05) is 20.3 Å². The molecule has 2 aromatic rings.